The van der Waals surface area contributed by atoms with Crippen molar-refractivity contribution in [2.75, 3.05) is 49.6 Å². The molecule has 0 unspecified atom stereocenters. The molecule has 0 bridgehead atoms. The van der Waals surface area contributed by atoms with E-state index < -0.39 is 0 Å². The van der Waals surface area contributed by atoms with E-state index in [1.165, 1.54) is 0 Å². The lowest BCUT2D eigenvalue weighted by atomic mass is 10.1. The minimum Gasteiger partial charge on any atom is -0.379 e. The highest BCUT2D eigenvalue weighted by molar-refractivity contribution is 5.93. The molecule has 1 aliphatic rings. The van der Waals surface area contributed by atoms with Crippen LogP contribution in [-0.4, -0.2) is 59.8 Å². The van der Waals surface area contributed by atoms with Crippen LogP contribution >= 0.6 is 0 Å². The Morgan fingerprint density at radius 1 is 1.33 bits per heavy atom. The van der Waals surface area contributed by atoms with Crippen LogP contribution < -0.4 is 10.2 Å². The lowest BCUT2D eigenvalue weighted by molar-refractivity contribution is -0.118. The number of imidazole rings is 1. The first-order chi connectivity index (χ1) is 13.1. The molecular weight excluding hydrogens is 342 g/mol. The number of nitrogens with zero attached hydrogens (tertiary/aromatic N) is 4. The molecule has 0 radical (unpaired) electrons. The Kier molecular flexibility index (Phi) is 6.47. The largest absolute Gasteiger partial charge is 0.379 e. The van der Waals surface area contributed by atoms with Crippen LogP contribution in [0.5, 0.6) is 0 Å². The summed E-state index contributed by atoms with van der Waals surface area (Å²) < 4.78 is 7.36. The molecule has 1 saturated heterocycles. The summed E-state index contributed by atoms with van der Waals surface area (Å²) in [6.45, 7) is 9.30. The van der Waals surface area contributed by atoms with Gasteiger partial charge in [0.05, 0.1) is 38.3 Å². The van der Waals surface area contributed by atoms with Gasteiger partial charge in [0.25, 0.3) is 0 Å². The Hall–Kier alpha value is -2.38. The van der Waals surface area contributed by atoms with Gasteiger partial charge < -0.3 is 19.5 Å². The maximum absolute atomic E-state index is 12.3. The quantitative estimate of drug-likeness (QED) is 0.807. The lowest BCUT2D eigenvalue weighted by Crippen LogP contribution is -2.41. The number of morpholine rings is 1. The maximum atomic E-state index is 12.3. The highest BCUT2D eigenvalue weighted by Gasteiger charge is 2.15. The zero-order valence-electron chi connectivity index (χ0n) is 16.4. The highest BCUT2D eigenvalue weighted by atomic mass is 16.5. The SMILES string of the molecule is CCN(Cc1cncn1C)c1ccc(NC(=O)CN2CCOCC2)c(C)c1. The zero-order chi connectivity index (χ0) is 19.2. The summed E-state index contributed by atoms with van der Waals surface area (Å²) in [6.07, 6.45) is 3.72. The van der Waals surface area contributed by atoms with Gasteiger partial charge in [0, 0.05) is 44.3 Å². The number of hydrogen-bond acceptors (Lipinski definition) is 5. The van der Waals surface area contributed by atoms with Crippen molar-refractivity contribution in [2.24, 2.45) is 7.05 Å². The van der Waals surface area contributed by atoms with E-state index in [-0.39, 0.29) is 5.91 Å². The predicted octanol–water partition coefficient (Wildman–Crippen LogP) is 2.03. The van der Waals surface area contributed by atoms with Gasteiger partial charge in [-0.05, 0) is 37.6 Å². The fourth-order valence-electron chi connectivity index (χ4n) is 3.26. The molecule has 1 fully saturated rings. The number of aryl methyl sites for hydroxylation is 2. The van der Waals surface area contributed by atoms with E-state index in [0.717, 1.165) is 48.8 Å². The lowest BCUT2D eigenvalue weighted by Gasteiger charge is -2.26. The van der Waals surface area contributed by atoms with Gasteiger partial charge in [-0.2, -0.15) is 0 Å². The molecular formula is C20H29N5O2. The molecule has 1 aromatic carbocycles. The van der Waals surface area contributed by atoms with Gasteiger partial charge in [-0.3, -0.25) is 9.69 Å². The summed E-state index contributed by atoms with van der Waals surface area (Å²) in [5, 5.41) is 3.04. The molecule has 2 heterocycles. The van der Waals surface area contributed by atoms with E-state index in [1.54, 1.807) is 0 Å². The standard InChI is InChI=1S/C20H29N5O2/c1-4-25(13-18-12-21-15-23(18)3)17-5-6-19(16(2)11-17)22-20(26)14-24-7-9-27-10-8-24/h5-6,11-12,15H,4,7-10,13-14H2,1-3H3,(H,22,26). The van der Waals surface area contributed by atoms with E-state index in [1.807, 2.05) is 37.1 Å². The zero-order valence-corrected chi connectivity index (χ0v) is 16.4. The first-order valence-corrected chi connectivity index (χ1v) is 9.47. The second kappa shape index (κ2) is 9.01. The van der Waals surface area contributed by atoms with Gasteiger partial charge >= 0.3 is 0 Å². The Balaban J connectivity index is 1.63. The molecule has 3 rings (SSSR count). The third-order valence-electron chi connectivity index (χ3n) is 4.97. The van der Waals surface area contributed by atoms with Crippen molar-refractivity contribution in [3.8, 4) is 0 Å². The van der Waals surface area contributed by atoms with Crippen LogP contribution in [0, 0.1) is 6.92 Å². The molecule has 1 N–H and O–H groups in total. The van der Waals surface area contributed by atoms with E-state index >= 15 is 0 Å². The number of nitrogens with one attached hydrogen (secondary N) is 1. The van der Waals surface area contributed by atoms with Gasteiger partial charge in [-0.25, -0.2) is 4.98 Å². The fourth-order valence-corrected chi connectivity index (χ4v) is 3.26. The van der Waals surface area contributed by atoms with Crippen LogP contribution in [0.2, 0.25) is 0 Å². The van der Waals surface area contributed by atoms with Crippen LogP contribution in [0.25, 0.3) is 0 Å². The molecule has 7 nitrogen and oxygen atoms in total. The third-order valence-corrected chi connectivity index (χ3v) is 4.97. The summed E-state index contributed by atoms with van der Waals surface area (Å²) >= 11 is 0. The van der Waals surface area contributed by atoms with E-state index in [9.17, 15) is 4.79 Å². The van der Waals surface area contributed by atoms with Crippen molar-refractivity contribution in [2.45, 2.75) is 20.4 Å². The predicted molar refractivity (Wildman–Crippen MR) is 107 cm³/mol. The number of carbonyl (C=O) groups is 1. The second-order valence-electron chi connectivity index (χ2n) is 6.95. The minimum atomic E-state index is 0.0231. The smallest absolute Gasteiger partial charge is 0.238 e. The number of ether oxygens (including phenoxy) is 1. The molecule has 0 spiro atoms. The number of aromatic nitrogens is 2. The van der Waals surface area contributed by atoms with Crippen LogP contribution in [0.3, 0.4) is 0 Å². The van der Waals surface area contributed by atoms with Crippen molar-refractivity contribution in [3.05, 3.63) is 42.0 Å². The molecule has 1 aliphatic heterocycles. The van der Waals surface area contributed by atoms with E-state index in [4.69, 9.17) is 4.74 Å². The van der Waals surface area contributed by atoms with Crippen LogP contribution in [0.15, 0.2) is 30.7 Å². The summed E-state index contributed by atoms with van der Waals surface area (Å²) in [5.74, 6) is 0.0231. The van der Waals surface area contributed by atoms with E-state index in [0.29, 0.717) is 19.8 Å². The summed E-state index contributed by atoms with van der Waals surface area (Å²) in [5.41, 5.74) is 4.24. The average Bonchev–Trinajstić information content (AvgIpc) is 3.07. The Labute approximate surface area is 160 Å². The van der Waals surface area contributed by atoms with Crippen LogP contribution in [0.1, 0.15) is 18.2 Å². The monoisotopic (exact) mass is 371 g/mol. The van der Waals surface area contributed by atoms with Crippen molar-refractivity contribution < 1.29 is 9.53 Å². The molecule has 7 heteroatoms. The summed E-state index contributed by atoms with van der Waals surface area (Å²) in [4.78, 5) is 21.0. The summed E-state index contributed by atoms with van der Waals surface area (Å²) in [7, 11) is 2.01. The number of hydrogen-bond donors (Lipinski definition) is 1. The van der Waals surface area contributed by atoms with Crippen molar-refractivity contribution in [1.82, 2.24) is 14.5 Å². The van der Waals surface area contributed by atoms with Crippen molar-refractivity contribution >= 4 is 17.3 Å². The van der Waals surface area contributed by atoms with Gasteiger partial charge in [-0.1, -0.05) is 0 Å². The van der Waals surface area contributed by atoms with Gasteiger partial charge in [0.2, 0.25) is 5.91 Å². The highest BCUT2D eigenvalue weighted by Crippen LogP contribution is 2.24. The number of anilines is 2. The third kappa shape index (κ3) is 5.08. The normalized spacial score (nSPS) is 14.9. The Morgan fingerprint density at radius 2 is 2.11 bits per heavy atom. The van der Waals surface area contributed by atoms with Crippen LogP contribution in [0.4, 0.5) is 11.4 Å². The first kappa shape index (κ1) is 19.4. The Morgan fingerprint density at radius 3 is 2.74 bits per heavy atom. The summed E-state index contributed by atoms with van der Waals surface area (Å²) in [6, 6.07) is 6.19. The molecule has 2 aromatic rings. The molecule has 0 atom stereocenters. The minimum absolute atomic E-state index is 0.0231. The van der Waals surface area contributed by atoms with Crippen LogP contribution in [-0.2, 0) is 23.1 Å². The van der Waals surface area contributed by atoms with Crippen molar-refractivity contribution in [1.29, 1.82) is 0 Å². The van der Waals surface area contributed by atoms with E-state index in [2.05, 4.69) is 39.2 Å². The molecule has 146 valence electrons. The number of amides is 1. The first-order valence-electron chi connectivity index (χ1n) is 9.47. The van der Waals surface area contributed by atoms with Gasteiger partial charge in [0.15, 0.2) is 0 Å². The fraction of sp³-hybridized carbons (Fsp3) is 0.500. The topological polar surface area (TPSA) is 62.6 Å². The molecule has 0 aliphatic carbocycles. The molecule has 1 amide bonds. The van der Waals surface area contributed by atoms with Gasteiger partial charge in [0.1, 0.15) is 0 Å². The maximum Gasteiger partial charge on any atom is 0.238 e. The number of rotatable bonds is 7. The van der Waals surface area contributed by atoms with Crippen molar-refractivity contribution in [3.63, 3.8) is 0 Å². The number of benzene rings is 1. The Bertz CT molecular complexity index is 767. The second-order valence-corrected chi connectivity index (χ2v) is 6.95. The molecule has 27 heavy (non-hydrogen) atoms. The average molecular weight is 371 g/mol. The molecule has 1 aromatic heterocycles. The molecule has 0 saturated carbocycles. The number of carbonyl (C=O) groups excluding carboxylic acids is 1. The van der Waals surface area contributed by atoms with Gasteiger partial charge in [-0.15, -0.1) is 0 Å².